The van der Waals surface area contributed by atoms with Gasteiger partial charge in [-0.15, -0.1) is 16.4 Å². The first-order valence-electron chi connectivity index (χ1n) is 9.93. The Hall–Kier alpha value is -2.69. The van der Waals surface area contributed by atoms with Gasteiger partial charge in [-0.1, -0.05) is 42.2 Å². The molecule has 1 aliphatic carbocycles. The Morgan fingerprint density at radius 3 is 1.21 bits per heavy atom. The Labute approximate surface area is 168 Å². The van der Waals surface area contributed by atoms with Crippen molar-refractivity contribution in [2.45, 2.75) is 31.9 Å². The molecule has 1 aliphatic rings. The van der Waals surface area contributed by atoms with Crippen LogP contribution in [0.4, 0.5) is 17.6 Å². The SMILES string of the molecule is Fc1ccc([B-](c2ccc(F)cc2)(c2ccc(F)cc2)[C+]2CCC(F)CC2)cc1. The second-order valence-electron chi connectivity index (χ2n) is 7.85. The Balaban J connectivity index is 1.99. The van der Waals surface area contributed by atoms with E-state index in [0.717, 1.165) is 22.2 Å². The van der Waals surface area contributed by atoms with Crippen molar-refractivity contribution in [1.82, 2.24) is 0 Å². The van der Waals surface area contributed by atoms with Crippen molar-refractivity contribution < 1.29 is 17.6 Å². The lowest BCUT2D eigenvalue weighted by Gasteiger charge is -2.42. The molecule has 1 saturated carbocycles. The Kier molecular flexibility index (Phi) is 5.40. The summed E-state index contributed by atoms with van der Waals surface area (Å²) in [5.41, 5.74) is 2.57. The molecule has 0 N–H and O–H groups in total. The summed E-state index contributed by atoms with van der Waals surface area (Å²) in [6.45, 7) is 0. The van der Waals surface area contributed by atoms with Gasteiger partial charge < -0.3 is 0 Å². The fourth-order valence-corrected chi connectivity index (χ4v) is 4.93. The highest BCUT2D eigenvalue weighted by atomic mass is 19.1. The minimum Gasteiger partial charge on any atom is -0.247 e. The molecule has 0 amide bonds. The number of benzene rings is 3. The topological polar surface area (TPSA) is 0 Å². The molecule has 0 radical (unpaired) electrons. The second kappa shape index (κ2) is 7.98. The molecule has 0 nitrogen and oxygen atoms in total. The molecule has 3 aromatic rings. The highest BCUT2D eigenvalue weighted by Crippen LogP contribution is 2.35. The molecular weight excluding hydrogens is 375 g/mol. The van der Waals surface area contributed by atoms with Gasteiger partial charge in [-0.2, -0.15) is 0 Å². The zero-order valence-corrected chi connectivity index (χ0v) is 15.9. The molecule has 0 saturated heterocycles. The van der Waals surface area contributed by atoms with Gasteiger partial charge in [0.25, 0.3) is 6.15 Å². The largest absolute Gasteiger partial charge is 0.277 e. The molecule has 0 bridgehead atoms. The van der Waals surface area contributed by atoms with Gasteiger partial charge in [0.05, 0.1) is 0 Å². The summed E-state index contributed by atoms with van der Waals surface area (Å²) >= 11 is 0. The fourth-order valence-electron chi connectivity index (χ4n) is 4.93. The Bertz CT molecular complexity index is 833. The maximum absolute atomic E-state index is 14.0. The van der Waals surface area contributed by atoms with E-state index < -0.39 is 12.3 Å². The molecule has 0 unspecified atom stereocenters. The van der Waals surface area contributed by atoms with E-state index in [1.807, 2.05) is 0 Å². The molecule has 3 aromatic carbocycles. The normalized spacial score (nSPS) is 15.5. The predicted molar refractivity (Wildman–Crippen MR) is 110 cm³/mol. The Morgan fingerprint density at radius 2 is 0.897 bits per heavy atom. The van der Waals surface area contributed by atoms with Gasteiger partial charge in [0.2, 0.25) is 0 Å². The van der Waals surface area contributed by atoms with Crippen LogP contribution in [-0.2, 0) is 0 Å². The maximum atomic E-state index is 14.0. The average molecular weight is 396 g/mol. The predicted octanol–water partition coefficient (Wildman–Crippen LogP) is 4.60. The standard InChI is InChI=1S/C24H21BF4/c26-21-9-1-17(2-10-21)25(18-3-11-22(27)12-4-18,19-5-13-23(28)14-6-19)20-7-15-24(29)16-8-20/h1-6,9-14,24H,7-8,15-16H2. The van der Waals surface area contributed by atoms with E-state index in [-0.39, 0.29) is 17.5 Å². The van der Waals surface area contributed by atoms with Crippen LogP contribution in [0.1, 0.15) is 25.7 Å². The van der Waals surface area contributed by atoms with E-state index in [1.165, 1.54) is 36.4 Å². The smallest absolute Gasteiger partial charge is 0.247 e. The van der Waals surface area contributed by atoms with Crippen LogP contribution >= 0.6 is 0 Å². The van der Waals surface area contributed by atoms with E-state index in [2.05, 4.69) is 0 Å². The van der Waals surface area contributed by atoms with E-state index in [1.54, 1.807) is 36.4 Å². The molecule has 0 aliphatic heterocycles. The Morgan fingerprint density at radius 1 is 0.586 bits per heavy atom. The van der Waals surface area contributed by atoms with Gasteiger partial charge in [0, 0.05) is 25.7 Å². The summed E-state index contributed by atoms with van der Waals surface area (Å²) in [6.07, 6.45) is -0.607. The quantitative estimate of drug-likeness (QED) is 0.344. The second-order valence-corrected chi connectivity index (χ2v) is 7.85. The molecule has 0 aromatic heterocycles. The first kappa shape index (κ1) is 19.6. The summed E-state index contributed by atoms with van der Waals surface area (Å²) in [5.74, 6) is 0.0705. The maximum Gasteiger partial charge on any atom is 0.277 e. The molecule has 0 heterocycles. The molecular formula is C24H21BF4. The summed E-state index contributed by atoms with van der Waals surface area (Å²) in [5, 5.41) is 0. The average Bonchev–Trinajstić information content (AvgIpc) is 2.73. The third-order valence-electron chi connectivity index (χ3n) is 6.28. The van der Waals surface area contributed by atoms with Gasteiger partial charge in [-0.05, 0) is 36.4 Å². The van der Waals surface area contributed by atoms with Crippen molar-refractivity contribution in [1.29, 1.82) is 0 Å². The minimum absolute atomic E-state index is 0.353. The summed E-state index contributed by atoms with van der Waals surface area (Å²) in [7, 11) is 0. The van der Waals surface area contributed by atoms with E-state index in [9.17, 15) is 17.6 Å². The van der Waals surface area contributed by atoms with Gasteiger partial charge in [0.1, 0.15) is 23.6 Å². The summed E-state index contributed by atoms with van der Waals surface area (Å²) < 4.78 is 55.1. The first-order chi connectivity index (χ1) is 14.0. The van der Waals surface area contributed by atoms with Crippen LogP contribution < -0.4 is 16.4 Å². The molecule has 5 heteroatoms. The van der Waals surface area contributed by atoms with E-state index in [4.69, 9.17) is 0 Å². The molecule has 0 atom stereocenters. The van der Waals surface area contributed by atoms with Crippen molar-refractivity contribution in [2.24, 2.45) is 0 Å². The fraction of sp³-hybridized carbons (Fsp3) is 0.208. The van der Waals surface area contributed by atoms with E-state index >= 15 is 0 Å². The van der Waals surface area contributed by atoms with Crippen LogP contribution in [0.25, 0.3) is 0 Å². The van der Waals surface area contributed by atoms with Crippen LogP contribution in [0.2, 0.25) is 0 Å². The monoisotopic (exact) mass is 396 g/mol. The van der Waals surface area contributed by atoms with Gasteiger partial charge in [-0.3, -0.25) is 0 Å². The van der Waals surface area contributed by atoms with Crippen molar-refractivity contribution in [2.75, 3.05) is 0 Å². The lowest BCUT2D eigenvalue weighted by Crippen LogP contribution is -2.71. The van der Waals surface area contributed by atoms with Crippen LogP contribution in [-0.4, -0.2) is 12.3 Å². The number of alkyl halides is 1. The van der Waals surface area contributed by atoms with Gasteiger partial charge in [0.15, 0.2) is 0 Å². The van der Waals surface area contributed by atoms with Gasteiger partial charge >= 0.3 is 0 Å². The molecule has 4 rings (SSSR count). The van der Waals surface area contributed by atoms with Crippen LogP contribution in [0.5, 0.6) is 0 Å². The summed E-state index contributed by atoms with van der Waals surface area (Å²) in [6, 6.07) is 18.8. The number of halogens is 4. The highest BCUT2D eigenvalue weighted by Gasteiger charge is 2.48. The van der Waals surface area contributed by atoms with Crippen molar-refractivity contribution in [3.05, 3.63) is 96.1 Å². The first-order valence-corrected chi connectivity index (χ1v) is 9.93. The third kappa shape index (κ3) is 3.66. The van der Waals surface area contributed by atoms with Crippen molar-refractivity contribution >= 4 is 22.5 Å². The van der Waals surface area contributed by atoms with Crippen molar-refractivity contribution in [3.8, 4) is 0 Å². The van der Waals surface area contributed by atoms with Crippen LogP contribution in [0.3, 0.4) is 0 Å². The molecule has 0 spiro atoms. The number of hydrogen-bond acceptors (Lipinski definition) is 0. The van der Waals surface area contributed by atoms with E-state index in [0.29, 0.717) is 25.7 Å². The molecule has 29 heavy (non-hydrogen) atoms. The zero-order valence-electron chi connectivity index (χ0n) is 15.9. The number of rotatable bonds is 4. The highest BCUT2D eigenvalue weighted by molar-refractivity contribution is 7.15. The zero-order chi connectivity index (χ0) is 20.4. The number of hydrogen-bond donors (Lipinski definition) is 0. The summed E-state index contributed by atoms with van der Waals surface area (Å²) in [4.78, 5) is 0. The molecule has 1 fully saturated rings. The molecule has 148 valence electrons. The third-order valence-corrected chi connectivity index (χ3v) is 6.28. The van der Waals surface area contributed by atoms with Gasteiger partial charge in [-0.25, -0.2) is 17.6 Å². The minimum atomic E-state index is -1.75. The van der Waals surface area contributed by atoms with Crippen LogP contribution in [0, 0.1) is 23.3 Å². The van der Waals surface area contributed by atoms with Crippen LogP contribution in [0.15, 0.2) is 72.8 Å². The lowest BCUT2D eigenvalue weighted by atomic mass is 9.10. The lowest BCUT2D eigenvalue weighted by molar-refractivity contribution is 0.269. The van der Waals surface area contributed by atoms with Crippen molar-refractivity contribution in [3.63, 3.8) is 0 Å².